The highest BCUT2D eigenvalue weighted by molar-refractivity contribution is 5.78. The highest BCUT2D eigenvalue weighted by Gasteiger charge is 2.21. The molecule has 2 atom stereocenters. The molecular formula is C21H25NO5. The van der Waals surface area contributed by atoms with Gasteiger partial charge in [0, 0.05) is 6.42 Å². The zero-order valence-corrected chi connectivity index (χ0v) is 15.8. The number of nitrogens with one attached hydrogen (secondary N) is 1. The Morgan fingerprint density at radius 1 is 0.963 bits per heavy atom. The number of benzene rings is 2. The van der Waals surface area contributed by atoms with E-state index in [1.165, 1.54) is 14.2 Å². The van der Waals surface area contributed by atoms with Crippen molar-refractivity contribution in [1.29, 1.82) is 0 Å². The lowest BCUT2D eigenvalue weighted by molar-refractivity contribution is -0.137. The number of methoxy groups -OCH3 is 2. The van der Waals surface area contributed by atoms with Crippen LogP contribution in [-0.4, -0.2) is 31.2 Å². The Morgan fingerprint density at radius 2 is 1.63 bits per heavy atom. The quantitative estimate of drug-likeness (QED) is 0.704. The summed E-state index contributed by atoms with van der Waals surface area (Å²) in [7, 11) is 3.03. The maximum atomic E-state index is 12.5. The maximum absolute atomic E-state index is 12.5. The fourth-order valence-corrected chi connectivity index (χ4v) is 2.93. The minimum atomic E-state index is -0.994. The number of carboxylic acids is 1. The molecule has 144 valence electrons. The van der Waals surface area contributed by atoms with E-state index in [0.717, 1.165) is 5.56 Å². The molecule has 2 aromatic carbocycles. The van der Waals surface area contributed by atoms with E-state index < -0.39 is 12.0 Å². The predicted molar refractivity (Wildman–Crippen MR) is 102 cm³/mol. The van der Waals surface area contributed by atoms with E-state index in [1.807, 2.05) is 37.3 Å². The van der Waals surface area contributed by atoms with Crippen molar-refractivity contribution in [2.24, 2.45) is 0 Å². The Morgan fingerprint density at radius 3 is 2.22 bits per heavy atom. The Bertz CT molecular complexity index is 775. The lowest BCUT2D eigenvalue weighted by atomic mass is 9.96. The van der Waals surface area contributed by atoms with E-state index in [-0.39, 0.29) is 24.7 Å². The lowest BCUT2D eigenvalue weighted by Gasteiger charge is -2.20. The van der Waals surface area contributed by atoms with Crippen molar-refractivity contribution >= 4 is 11.9 Å². The van der Waals surface area contributed by atoms with Gasteiger partial charge in [0.2, 0.25) is 5.91 Å². The Labute approximate surface area is 159 Å². The van der Waals surface area contributed by atoms with Gasteiger partial charge in [0.1, 0.15) is 0 Å². The molecule has 0 aliphatic carbocycles. The predicted octanol–water partition coefficient (Wildman–Crippen LogP) is 3.53. The second-order valence-electron chi connectivity index (χ2n) is 6.35. The van der Waals surface area contributed by atoms with Crippen LogP contribution in [0.4, 0.5) is 0 Å². The smallest absolute Gasteiger partial charge is 0.305 e. The number of amides is 1. The second-order valence-corrected chi connectivity index (χ2v) is 6.35. The summed E-state index contributed by atoms with van der Waals surface area (Å²) in [5.74, 6) is -0.141. The van der Waals surface area contributed by atoms with Crippen LogP contribution in [0.5, 0.6) is 11.5 Å². The SMILES string of the molecule is COc1ccc(C(CC(=O)O)NC(=O)CC(C)c2ccccc2)cc1OC. The van der Waals surface area contributed by atoms with Gasteiger partial charge in [-0.1, -0.05) is 43.3 Å². The van der Waals surface area contributed by atoms with Gasteiger partial charge in [-0.2, -0.15) is 0 Å². The van der Waals surface area contributed by atoms with Crippen molar-refractivity contribution in [2.75, 3.05) is 14.2 Å². The molecule has 2 N–H and O–H groups in total. The number of hydrogen-bond acceptors (Lipinski definition) is 4. The molecule has 0 radical (unpaired) electrons. The fourth-order valence-electron chi connectivity index (χ4n) is 2.93. The summed E-state index contributed by atoms with van der Waals surface area (Å²) >= 11 is 0. The van der Waals surface area contributed by atoms with Crippen molar-refractivity contribution in [3.05, 3.63) is 59.7 Å². The number of rotatable bonds is 9. The molecule has 2 unspecified atom stereocenters. The van der Waals surface area contributed by atoms with Gasteiger partial charge >= 0.3 is 5.97 Å². The first-order valence-electron chi connectivity index (χ1n) is 8.72. The molecule has 2 aromatic rings. The summed E-state index contributed by atoms with van der Waals surface area (Å²) in [5, 5.41) is 12.1. The van der Waals surface area contributed by atoms with E-state index in [2.05, 4.69) is 5.32 Å². The van der Waals surface area contributed by atoms with Crippen molar-refractivity contribution in [1.82, 2.24) is 5.32 Å². The van der Waals surface area contributed by atoms with Gasteiger partial charge in [0.05, 0.1) is 26.7 Å². The van der Waals surface area contributed by atoms with E-state index in [1.54, 1.807) is 18.2 Å². The number of carboxylic acid groups (broad SMARTS) is 1. The Kier molecular flexibility index (Phi) is 7.23. The van der Waals surface area contributed by atoms with E-state index in [9.17, 15) is 14.7 Å². The molecule has 0 spiro atoms. The molecule has 0 saturated heterocycles. The molecule has 2 rings (SSSR count). The number of carbonyl (C=O) groups excluding carboxylic acids is 1. The first-order valence-corrected chi connectivity index (χ1v) is 8.72. The molecule has 27 heavy (non-hydrogen) atoms. The minimum absolute atomic E-state index is 0.0297. The summed E-state index contributed by atoms with van der Waals surface area (Å²) in [6.07, 6.45) is 0.0500. The highest BCUT2D eigenvalue weighted by Crippen LogP contribution is 2.31. The average Bonchev–Trinajstić information content (AvgIpc) is 2.67. The first-order chi connectivity index (χ1) is 12.9. The third-order valence-corrected chi connectivity index (χ3v) is 4.38. The Balaban J connectivity index is 2.14. The molecule has 0 saturated carbocycles. The normalized spacial score (nSPS) is 12.7. The van der Waals surface area contributed by atoms with E-state index in [0.29, 0.717) is 17.1 Å². The minimum Gasteiger partial charge on any atom is -0.493 e. The number of hydrogen-bond donors (Lipinski definition) is 2. The monoisotopic (exact) mass is 371 g/mol. The number of ether oxygens (including phenoxy) is 2. The van der Waals surface area contributed by atoms with E-state index >= 15 is 0 Å². The standard InChI is InChI=1S/C21H25NO5/c1-14(15-7-5-4-6-8-15)11-20(23)22-17(13-21(24)25)16-9-10-18(26-2)19(12-16)27-3/h4-10,12,14,17H,11,13H2,1-3H3,(H,22,23)(H,24,25). The highest BCUT2D eigenvalue weighted by atomic mass is 16.5. The van der Waals surface area contributed by atoms with Gasteiger partial charge in [-0.05, 0) is 29.2 Å². The van der Waals surface area contributed by atoms with Gasteiger partial charge in [0.15, 0.2) is 11.5 Å². The summed E-state index contributed by atoms with van der Waals surface area (Å²) in [6, 6.07) is 14.2. The van der Waals surface area contributed by atoms with Crippen molar-refractivity contribution in [3.63, 3.8) is 0 Å². The van der Waals surface area contributed by atoms with Crippen LogP contribution in [0.1, 0.15) is 42.9 Å². The lowest BCUT2D eigenvalue weighted by Crippen LogP contribution is -2.31. The van der Waals surface area contributed by atoms with Crippen LogP contribution < -0.4 is 14.8 Å². The van der Waals surface area contributed by atoms with Crippen LogP contribution in [0.3, 0.4) is 0 Å². The number of carbonyl (C=O) groups is 2. The molecule has 0 bridgehead atoms. The summed E-state index contributed by atoms with van der Waals surface area (Å²) in [5.41, 5.74) is 1.71. The summed E-state index contributed by atoms with van der Waals surface area (Å²) in [4.78, 5) is 23.8. The molecule has 6 nitrogen and oxygen atoms in total. The zero-order valence-electron chi connectivity index (χ0n) is 15.8. The van der Waals surface area contributed by atoms with Gasteiger partial charge in [0.25, 0.3) is 0 Å². The molecule has 0 heterocycles. The topological polar surface area (TPSA) is 84.9 Å². The largest absolute Gasteiger partial charge is 0.493 e. The second kappa shape index (κ2) is 9.62. The fraction of sp³-hybridized carbons (Fsp3) is 0.333. The molecule has 6 heteroatoms. The maximum Gasteiger partial charge on any atom is 0.305 e. The third-order valence-electron chi connectivity index (χ3n) is 4.38. The third kappa shape index (κ3) is 5.74. The van der Waals surface area contributed by atoms with Crippen LogP contribution in [0.2, 0.25) is 0 Å². The average molecular weight is 371 g/mol. The van der Waals surface area contributed by atoms with Crippen molar-refractivity contribution in [2.45, 2.75) is 31.7 Å². The van der Waals surface area contributed by atoms with Crippen molar-refractivity contribution in [3.8, 4) is 11.5 Å². The molecule has 1 amide bonds. The van der Waals surface area contributed by atoms with Gasteiger partial charge in [-0.15, -0.1) is 0 Å². The summed E-state index contributed by atoms with van der Waals surface area (Å²) in [6.45, 7) is 1.97. The van der Waals surface area contributed by atoms with Gasteiger partial charge in [-0.25, -0.2) is 0 Å². The van der Waals surface area contributed by atoms with Crippen LogP contribution >= 0.6 is 0 Å². The van der Waals surface area contributed by atoms with Crippen LogP contribution in [0, 0.1) is 0 Å². The first kappa shape index (κ1) is 20.3. The van der Waals surface area contributed by atoms with Crippen molar-refractivity contribution < 1.29 is 24.2 Å². The molecule has 0 fully saturated rings. The number of aliphatic carboxylic acids is 1. The molecule has 0 aliphatic heterocycles. The molecular weight excluding hydrogens is 346 g/mol. The molecule has 0 aliphatic rings. The Hall–Kier alpha value is -3.02. The van der Waals surface area contributed by atoms with Gasteiger partial charge < -0.3 is 19.9 Å². The molecule has 0 aromatic heterocycles. The summed E-state index contributed by atoms with van der Waals surface area (Å²) < 4.78 is 10.5. The van der Waals surface area contributed by atoms with E-state index in [4.69, 9.17) is 9.47 Å². The van der Waals surface area contributed by atoms with Gasteiger partial charge in [-0.3, -0.25) is 9.59 Å². The zero-order chi connectivity index (χ0) is 19.8. The van der Waals surface area contributed by atoms with Crippen LogP contribution in [-0.2, 0) is 9.59 Å². The van der Waals surface area contributed by atoms with Crippen LogP contribution in [0.25, 0.3) is 0 Å². The van der Waals surface area contributed by atoms with Crippen LogP contribution in [0.15, 0.2) is 48.5 Å².